The highest BCUT2D eigenvalue weighted by atomic mass is 32.2. The van der Waals surface area contributed by atoms with Gasteiger partial charge in [-0.1, -0.05) is 18.9 Å². The maximum atomic E-state index is 13.0. The molecule has 6 heteroatoms. The molecule has 116 valence electrons. The minimum absolute atomic E-state index is 0.0361. The number of nitrogens with two attached hydrogens (primary N) is 1. The summed E-state index contributed by atoms with van der Waals surface area (Å²) in [6, 6.07) is 5.08. The van der Waals surface area contributed by atoms with Crippen molar-refractivity contribution in [3.63, 3.8) is 0 Å². The van der Waals surface area contributed by atoms with Gasteiger partial charge in [0.2, 0.25) is 10.0 Å². The molecule has 2 fully saturated rings. The molecule has 2 atom stereocenters. The Morgan fingerprint density at radius 1 is 1.29 bits per heavy atom. The number of nitrogen functional groups attached to an aromatic ring is 1. The lowest BCUT2D eigenvalue weighted by atomic mass is 9.91. The summed E-state index contributed by atoms with van der Waals surface area (Å²) in [5.74, 6) is 0. The van der Waals surface area contributed by atoms with Crippen molar-refractivity contribution >= 4 is 15.7 Å². The van der Waals surface area contributed by atoms with Gasteiger partial charge in [-0.05, 0) is 37.5 Å². The molecule has 5 nitrogen and oxygen atoms in total. The van der Waals surface area contributed by atoms with Gasteiger partial charge in [-0.15, -0.1) is 0 Å². The van der Waals surface area contributed by atoms with Gasteiger partial charge in [-0.3, -0.25) is 0 Å². The van der Waals surface area contributed by atoms with Crippen molar-refractivity contribution < 1.29 is 13.2 Å². The lowest BCUT2D eigenvalue weighted by Gasteiger charge is -2.42. The molecule has 0 amide bonds. The molecule has 1 heterocycles. The Kier molecular flexibility index (Phi) is 3.94. The fraction of sp³-hybridized carbons (Fsp3) is 0.600. The van der Waals surface area contributed by atoms with Crippen molar-refractivity contribution in [2.24, 2.45) is 0 Å². The van der Waals surface area contributed by atoms with E-state index in [2.05, 4.69) is 0 Å². The first-order valence-electron chi connectivity index (χ1n) is 7.50. The molecule has 2 aliphatic rings. The zero-order chi connectivity index (χ0) is 15.0. The molecule has 1 aromatic carbocycles. The average Bonchev–Trinajstić information content (AvgIpc) is 2.46. The molecule has 2 N–H and O–H groups in total. The lowest BCUT2D eigenvalue weighted by Crippen LogP contribution is -2.54. The molecule has 1 aliphatic carbocycles. The predicted molar refractivity (Wildman–Crippen MR) is 81.5 cm³/mol. The van der Waals surface area contributed by atoms with Crippen LogP contribution in [-0.2, 0) is 14.8 Å². The molecular formula is C15H22N2O3S. The molecule has 1 aromatic rings. The Bertz CT molecular complexity index is 628. The van der Waals surface area contributed by atoms with E-state index in [0.29, 0.717) is 18.8 Å². The number of morpholine rings is 1. The van der Waals surface area contributed by atoms with Crippen molar-refractivity contribution in [1.29, 1.82) is 0 Å². The van der Waals surface area contributed by atoms with Gasteiger partial charge in [0.15, 0.2) is 0 Å². The molecule has 0 spiro atoms. The number of aryl methyl sites for hydroxylation is 1. The van der Waals surface area contributed by atoms with Gasteiger partial charge in [0.25, 0.3) is 0 Å². The fourth-order valence-corrected chi connectivity index (χ4v) is 5.15. The summed E-state index contributed by atoms with van der Waals surface area (Å²) in [4.78, 5) is 0.222. The summed E-state index contributed by atoms with van der Waals surface area (Å²) >= 11 is 0. The van der Waals surface area contributed by atoms with Crippen molar-refractivity contribution in [3.05, 3.63) is 23.8 Å². The highest BCUT2D eigenvalue weighted by Crippen LogP contribution is 2.33. The van der Waals surface area contributed by atoms with E-state index in [1.807, 2.05) is 6.92 Å². The molecule has 1 saturated carbocycles. The normalized spacial score (nSPS) is 27.3. The number of ether oxygens (including phenoxy) is 1. The average molecular weight is 310 g/mol. The maximum Gasteiger partial charge on any atom is 0.245 e. The van der Waals surface area contributed by atoms with Crippen LogP contribution in [0.4, 0.5) is 5.69 Å². The minimum Gasteiger partial charge on any atom is -0.398 e. The summed E-state index contributed by atoms with van der Waals surface area (Å²) in [5, 5.41) is 0. The van der Waals surface area contributed by atoms with Crippen LogP contribution in [-0.4, -0.2) is 38.0 Å². The third-order valence-electron chi connectivity index (χ3n) is 4.43. The molecule has 21 heavy (non-hydrogen) atoms. The summed E-state index contributed by atoms with van der Waals surface area (Å²) < 4.78 is 33.3. The van der Waals surface area contributed by atoms with Crippen LogP contribution in [0.25, 0.3) is 0 Å². The van der Waals surface area contributed by atoms with E-state index >= 15 is 0 Å². The Balaban J connectivity index is 1.96. The van der Waals surface area contributed by atoms with Gasteiger partial charge >= 0.3 is 0 Å². The van der Waals surface area contributed by atoms with Crippen LogP contribution in [0, 0.1) is 6.92 Å². The topological polar surface area (TPSA) is 72.6 Å². The van der Waals surface area contributed by atoms with Gasteiger partial charge in [0, 0.05) is 6.54 Å². The Morgan fingerprint density at radius 3 is 2.81 bits per heavy atom. The van der Waals surface area contributed by atoms with E-state index in [0.717, 1.165) is 31.2 Å². The van der Waals surface area contributed by atoms with Crippen LogP contribution in [0.1, 0.15) is 31.2 Å². The second-order valence-corrected chi connectivity index (χ2v) is 7.78. The van der Waals surface area contributed by atoms with E-state index in [9.17, 15) is 8.42 Å². The summed E-state index contributed by atoms with van der Waals surface area (Å²) in [6.07, 6.45) is 4.02. The van der Waals surface area contributed by atoms with E-state index in [4.69, 9.17) is 10.5 Å². The van der Waals surface area contributed by atoms with Crippen LogP contribution in [0.2, 0.25) is 0 Å². The molecule has 0 aromatic heterocycles. The van der Waals surface area contributed by atoms with Crippen molar-refractivity contribution in [2.45, 2.75) is 49.6 Å². The second-order valence-electron chi connectivity index (χ2n) is 5.92. The summed E-state index contributed by atoms with van der Waals surface area (Å²) in [6.45, 7) is 2.78. The number of rotatable bonds is 2. The number of hydrogen-bond acceptors (Lipinski definition) is 4. The third kappa shape index (κ3) is 2.67. The van der Waals surface area contributed by atoms with E-state index < -0.39 is 10.0 Å². The van der Waals surface area contributed by atoms with Crippen LogP contribution < -0.4 is 5.73 Å². The predicted octanol–water partition coefficient (Wildman–Crippen LogP) is 1.91. The molecule has 1 aliphatic heterocycles. The number of sulfonamides is 1. The van der Waals surface area contributed by atoms with Crippen LogP contribution in [0.3, 0.4) is 0 Å². The van der Waals surface area contributed by atoms with Crippen LogP contribution in [0.15, 0.2) is 23.1 Å². The summed E-state index contributed by atoms with van der Waals surface area (Å²) in [7, 11) is -3.55. The molecule has 1 saturated heterocycles. The van der Waals surface area contributed by atoms with Gasteiger partial charge in [0.1, 0.15) is 4.90 Å². The van der Waals surface area contributed by atoms with Gasteiger partial charge in [-0.2, -0.15) is 4.31 Å². The van der Waals surface area contributed by atoms with Crippen molar-refractivity contribution in [1.82, 2.24) is 4.31 Å². The van der Waals surface area contributed by atoms with Crippen molar-refractivity contribution in [2.75, 3.05) is 18.9 Å². The zero-order valence-corrected chi connectivity index (χ0v) is 13.1. The van der Waals surface area contributed by atoms with E-state index in [1.54, 1.807) is 22.5 Å². The van der Waals surface area contributed by atoms with E-state index in [1.165, 1.54) is 0 Å². The second kappa shape index (κ2) is 5.59. The first-order chi connectivity index (χ1) is 10.00. The van der Waals surface area contributed by atoms with Crippen LogP contribution in [0.5, 0.6) is 0 Å². The number of nitrogens with zero attached hydrogens (tertiary/aromatic N) is 1. The quantitative estimate of drug-likeness (QED) is 0.847. The molecule has 3 rings (SSSR count). The minimum atomic E-state index is -3.55. The summed E-state index contributed by atoms with van der Waals surface area (Å²) in [5.41, 5.74) is 7.23. The lowest BCUT2D eigenvalue weighted by molar-refractivity contribution is -0.0586. The number of anilines is 1. The maximum absolute atomic E-state index is 13.0. The van der Waals surface area contributed by atoms with Crippen LogP contribution >= 0.6 is 0 Å². The molecule has 2 unspecified atom stereocenters. The first kappa shape index (κ1) is 14.8. The van der Waals surface area contributed by atoms with Gasteiger partial charge < -0.3 is 10.5 Å². The fourth-order valence-electron chi connectivity index (χ4n) is 3.39. The third-order valence-corrected chi connectivity index (χ3v) is 6.43. The Morgan fingerprint density at radius 2 is 2.05 bits per heavy atom. The number of hydrogen-bond donors (Lipinski definition) is 1. The van der Waals surface area contributed by atoms with Gasteiger partial charge in [0.05, 0.1) is 24.4 Å². The molecule has 0 radical (unpaired) electrons. The largest absolute Gasteiger partial charge is 0.398 e. The van der Waals surface area contributed by atoms with E-state index in [-0.39, 0.29) is 17.0 Å². The number of fused-ring (bicyclic) bond motifs is 1. The molecular weight excluding hydrogens is 288 g/mol. The van der Waals surface area contributed by atoms with Crippen molar-refractivity contribution in [3.8, 4) is 0 Å². The smallest absolute Gasteiger partial charge is 0.245 e. The molecule has 0 bridgehead atoms. The standard InChI is InChI=1S/C15H22N2O3S/c1-11-6-7-15(12(16)10-11)21(18,19)17-8-9-20-14-5-3-2-4-13(14)17/h6-7,10,13-14H,2-5,8-9,16H2,1H3. The number of benzene rings is 1. The highest BCUT2D eigenvalue weighted by Gasteiger charge is 2.41. The Hall–Kier alpha value is -1.11. The SMILES string of the molecule is Cc1ccc(S(=O)(=O)N2CCOC3CCCCC32)c(N)c1. The highest BCUT2D eigenvalue weighted by molar-refractivity contribution is 7.89. The Labute approximate surface area is 126 Å². The monoisotopic (exact) mass is 310 g/mol. The first-order valence-corrected chi connectivity index (χ1v) is 8.94. The zero-order valence-electron chi connectivity index (χ0n) is 12.3. The van der Waals surface area contributed by atoms with Gasteiger partial charge in [-0.25, -0.2) is 8.42 Å².